The van der Waals surface area contributed by atoms with Crippen LogP contribution >= 0.6 is 11.6 Å². The summed E-state index contributed by atoms with van der Waals surface area (Å²) in [6.07, 6.45) is -1.76. The molecule has 22 heavy (non-hydrogen) atoms. The number of hydrogen-bond acceptors (Lipinski definition) is 2. The first kappa shape index (κ1) is 16.4. The van der Waals surface area contributed by atoms with Crippen molar-refractivity contribution < 1.29 is 18.0 Å². The number of benzene rings is 1. The average molecular weight is 332 g/mol. The fourth-order valence-corrected chi connectivity index (χ4v) is 2.10. The minimum Gasteiger partial charge on any atom is -0.341 e. The zero-order chi connectivity index (χ0) is 16.3. The first-order valence-electron chi connectivity index (χ1n) is 6.35. The molecule has 1 heterocycles. The Balaban J connectivity index is 2.13. The van der Waals surface area contributed by atoms with Gasteiger partial charge in [0.25, 0.3) is 0 Å². The molecule has 0 radical (unpaired) electrons. The van der Waals surface area contributed by atoms with E-state index in [2.05, 4.69) is 5.10 Å². The maximum absolute atomic E-state index is 13.1. The molecule has 0 aliphatic heterocycles. The van der Waals surface area contributed by atoms with Crippen LogP contribution in [0.15, 0.2) is 36.7 Å². The summed E-state index contributed by atoms with van der Waals surface area (Å²) in [5.74, 6) is -0.731. The number of nitrogens with zero attached hydrogens (tertiary/aromatic N) is 2. The van der Waals surface area contributed by atoms with Gasteiger partial charge in [0, 0.05) is 18.3 Å². The number of aryl methyl sites for hydroxylation is 1. The molecule has 0 aliphatic rings. The first-order valence-corrected chi connectivity index (χ1v) is 6.72. The van der Waals surface area contributed by atoms with Crippen LogP contribution in [0, 0.1) is 0 Å². The van der Waals surface area contributed by atoms with E-state index in [1.165, 1.54) is 35.1 Å². The van der Waals surface area contributed by atoms with Crippen LogP contribution in [0.2, 0.25) is 5.02 Å². The highest BCUT2D eigenvalue weighted by molar-refractivity contribution is 6.30. The molecule has 0 bridgehead atoms. The van der Waals surface area contributed by atoms with Crippen molar-refractivity contribution in [3.05, 3.63) is 52.8 Å². The number of amides is 1. The molecule has 2 aromatic rings. The van der Waals surface area contributed by atoms with Gasteiger partial charge in [0.2, 0.25) is 5.91 Å². The summed E-state index contributed by atoms with van der Waals surface area (Å²) in [5.41, 5.74) is 0.466. The zero-order valence-electron chi connectivity index (χ0n) is 11.6. The third-order valence-corrected chi connectivity index (χ3v) is 3.21. The molecule has 118 valence electrons. The van der Waals surface area contributed by atoms with Crippen molar-refractivity contribution in [3.8, 4) is 0 Å². The highest BCUT2D eigenvalue weighted by atomic mass is 35.5. The van der Waals surface area contributed by atoms with Crippen LogP contribution in [0.4, 0.5) is 13.2 Å². The lowest BCUT2D eigenvalue weighted by atomic mass is 10.1. The van der Waals surface area contributed by atoms with E-state index in [0.29, 0.717) is 10.6 Å². The molecule has 1 atom stereocenters. The largest absolute Gasteiger partial charge is 0.412 e. The quantitative estimate of drug-likeness (QED) is 0.936. The van der Waals surface area contributed by atoms with Gasteiger partial charge in [-0.3, -0.25) is 9.48 Å². The first-order chi connectivity index (χ1) is 10.3. The number of alkyl halides is 3. The van der Waals surface area contributed by atoms with E-state index in [4.69, 9.17) is 11.6 Å². The van der Waals surface area contributed by atoms with Gasteiger partial charge in [-0.05, 0) is 23.3 Å². The van der Waals surface area contributed by atoms with E-state index in [-0.39, 0.29) is 12.0 Å². The number of carbonyl (C=O) groups is 1. The van der Waals surface area contributed by atoms with Crippen molar-refractivity contribution in [3.63, 3.8) is 0 Å². The number of nitrogens with one attached hydrogen (secondary N) is 1. The number of halogens is 4. The minimum atomic E-state index is -4.60. The number of aromatic nitrogens is 2. The molecule has 4 nitrogen and oxygen atoms in total. The van der Waals surface area contributed by atoms with Crippen LogP contribution in [-0.4, -0.2) is 21.9 Å². The Kier molecular flexibility index (Phi) is 4.75. The lowest BCUT2D eigenvalue weighted by Crippen LogP contribution is -2.38. The Bertz CT molecular complexity index is 652. The molecule has 1 N–H and O–H groups in total. The van der Waals surface area contributed by atoms with E-state index in [1.54, 1.807) is 13.2 Å². The van der Waals surface area contributed by atoms with Crippen LogP contribution in [0.1, 0.15) is 17.2 Å². The second-order valence-corrected chi connectivity index (χ2v) is 5.23. The summed E-state index contributed by atoms with van der Waals surface area (Å²) in [7, 11) is 1.66. The molecule has 0 saturated carbocycles. The molecule has 0 aliphatic carbocycles. The van der Waals surface area contributed by atoms with Crippen molar-refractivity contribution >= 4 is 17.5 Å². The molecule has 0 saturated heterocycles. The van der Waals surface area contributed by atoms with Crippen LogP contribution in [0.5, 0.6) is 0 Å². The molecular weight excluding hydrogens is 319 g/mol. The van der Waals surface area contributed by atoms with Crippen molar-refractivity contribution in [1.29, 1.82) is 0 Å². The Morgan fingerprint density at radius 3 is 2.50 bits per heavy atom. The highest BCUT2D eigenvalue weighted by Gasteiger charge is 2.41. The zero-order valence-corrected chi connectivity index (χ0v) is 12.3. The molecule has 2 rings (SSSR count). The summed E-state index contributed by atoms with van der Waals surface area (Å²) in [6, 6.07) is 3.11. The lowest BCUT2D eigenvalue weighted by molar-refractivity contribution is -0.163. The molecule has 1 aromatic carbocycles. The fraction of sp³-hybridized carbons (Fsp3) is 0.286. The Hall–Kier alpha value is -2.02. The van der Waals surface area contributed by atoms with Crippen molar-refractivity contribution in [1.82, 2.24) is 15.1 Å². The molecule has 1 aromatic heterocycles. The van der Waals surface area contributed by atoms with Gasteiger partial charge < -0.3 is 5.32 Å². The van der Waals surface area contributed by atoms with E-state index >= 15 is 0 Å². The van der Waals surface area contributed by atoms with Gasteiger partial charge in [0.05, 0.1) is 12.6 Å². The van der Waals surface area contributed by atoms with Gasteiger partial charge in [-0.2, -0.15) is 18.3 Å². The lowest BCUT2D eigenvalue weighted by Gasteiger charge is -2.22. The Morgan fingerprint density at radius 2 is 2.00 bits per heavy atom. The smallest absolute Gasteiger partial charge is 0.341 e. The molecule has 0 fully saturated rings. The SMILES string of the molecule is Cn1cc(CC(=O)N[C@H](c2ccc(Cl)cc2)C(F)(F)F)cn1. The Labute approximate surface area is 129 Å². The third kappa shape index (κ3) is 4.24. The topological polar surface area (TPSA) is 46.9 Å². The predicted octanol–water partition coefficient (Wildman–Crippen LogP) is 3.04. The van der Waals surface area contributed by atoms with E-state index in [0.717, 1.165) is 0 Å². The van der Waals surface area contributed by atoms with Gasteiger partial charge >= 0.3 is 6.18 Å². The number of hydrogen-bond donors (Lipinski definition) is 1. The van der Waals surface area contributed by atoms with E-state index in [1.807, 2.05) is 5.32 Å². The summed E-state index contributed by atoms with van der Waals surface area (Å²) < 4.78 is 40.9. The number of carbonyl (C=O) groups excluding carboxylic acids is 1. The van der Waals surface area contributed by atoms with Crippen LogP contribution in [0.25, 0.3) is 0 Å². The van der Waals surface area contributed by atoms with E-state index < -0.39 is 18.1 Å². The predicted molar refractivity (Wildman–Crippen MR) is 75.3 cm³/mol. The molecule has 0 unspecified atom stereocenters. The molecule has 0 spiro atoms. The minimum absolute atomic E-state index is 0.0727. The maximum atomic E-state index is 13.1. The Morgan fingerprint density at radius 1 is 1.36 bits per heavy atom. The third-order valence-electron chi connectivity index (χ3n) is 2.96. The maximum Gasteiger partial charge on any atom is 0.412 e. The van der Waals surface area contributed by atoms with Crippen molar-refractivity contribution in [2.24, 2.45) is 7.05 Å². The standard InChI is InChI=1S/C14H13ClF3N3O/c1-21-8-9(7-19-21)6-12(22)20-13(14(16,17)18)10-2-4-11(15)5-3-10/h2-5,7-8,13H,6H2,1H3,(H,20,22)/t13-/m1/s1. The van der Waals surface area contributed by atoms with Crippen LogP contribution in [0.3, 0.4) is 0 Å². The van der Waals surface area contributed by atoms with Gasteiger partial charge in [-0.25, -0.2) is 0 Å². The molecule has 1 amide bonds. The molecular formula is C14H13ClF3N3O. The second kappa shape index (κ2) is 6.39. The average Bonchev–Trinajstić information content (AvgIpc) is 2.81. The second-order valence-electron chi connectivity index (χ2n) is 4.79. The molecule has 8 heteroatoms. The summed E-state index contributed by atoms with van der Waals surface area (Å²) in [4.78, 5) is 11.8. The van der Waals surface area contributed by atoms with Gasteiger partial charge in [-0.1, -0.05) is 23.7 Å². The highest BCUT2D eigenvalue weighted by Crippen LogP contribution is 2.33. The fourth-order valence-electron chi connectivity index (χ4n) is 1.97. The monoisotopic (exact) mass is 331 g/mol. The van der Waals surface area contributed by atoms with Gasteiger partial charge in [-0.15, -0.1) is 0 Å². The van der Waals surface area contributed by atoms with Crippen LogP contribution < -0.4 is 5.32 Å². The van der Waals surface area contributed by atoms with Gasteiger partial charge in [0.15, 0.2) is 6.04 Å². The van der Waals surface area contributed by atoms with Crippen molar-refractivity contribution in [2.45, 2.75) is 18.6 Å². The summed E-state index contributed by atoms with van der Waals surface area (Å²) in [5, 5.41) is 6.20. The van der Waals surface area contributed by atoms with Crippen molar-refractivity contribution in [2.75, 3.05) is 0 Å². The van der Waals surface area contributed by atoms with Crippen LogP contribution in [-0.2, 0) is 18.3 Å². The van der Waals surface area contributed by atoms with Gasteiger partial charge in [0.1, 0.15) is 0 Å². The number of rotatable bonds is 4. The van der Waals surface area contributed by atoms with E-state index in [9.17, 15) is 18.0 Å². The summed E-state index contributed by atoms with van der Waals surface area (Å²) >= 11 is 5.67. The summed E-state index contributed by atoms with van der Waals surface area (Å²) in [6.45, 7) is 0. The normalized spacial score (nSPS) is 13.0.